The number of benzene rings is 1. The molecule has 3 N–H and O–H groups in total. The van der Waals surface area contributed by atoms with E-state index in [9.17, 15) is 54.2 Å². The second-order valence-corrected chi connectivity index (χ2v) is 9.44. The maximum absolute atomic E-state index is 14.7. The number of hydrogen-bond acceptors (Lipinski definition) is 5. The smallest absolute Gasteiger partial charge is 0.418 e. The van der Waals surface area contributed by atoms with Crippen molar-refractivity contribution in [2.24, 2.45) is 0 Å². The minimum atomic E-state index is -4.99. The second-order valence-electron chi connectivity index (χ2n) is 9.44. The van der Waals surface area contributed by atoms with Gasteiger partial charge in [-0.2, -0.15) is 26.3 Å². The molecule has 0 unspecified atom stereocenters. The van der Waals surface area contributed by atoms with E-state index in [2.05, 4.69) is 9.97 Å². The van der Waals surface area contributed by atoms with Gasteiger partial charge in [-0.3, -0.25) is 9.78 Å². The van der Waals surface area contributed by atoms with Crippen LogP contribution < -0.4 is 10.6 Å². The van der Waals surface area contributed by atoms with Crippen molar-refractivity contribution in [2.45, 2.75) is 44.2 Å². The summed E-state index contributed by atoms with van der Waals surface area (Å²) in [7, 11) is 0. The van der Waals surface area contributed by atoms with Gasteiger partial charge < -0.3 is 20.1 Å². The monoisotopic (exact) mass is 633 g/mol. The number of halogens is 9. The van der Waals surface area contributed by atoms with Crippen LogP contribution in [0.2, 0.25) is 0 Å². The van der Waals surface area contributed by atoms with Crippen molar-refractivity contribution in [1.82, 2.24) is 19.7 Å². The molecule has 0 radical (unpaired) electrons. The number of amides is 1. The molecule has 8 nitrogen and oxygen atoms in total. The fraction of sp³-hybridized carbons (Fsp3) is 0.259. The number of carbonyl (C=O) groups is 2. The molecular formula is C27H20F9N5O3. The topological polar surface area (TPSA) is 109 Å². The Morgan fingerprint density at radius 1 is 1.00 bits per heavy atom. The summed E-state index contributed by atoms with van der Waals surface area (Å²) in [4.78, 5) is 32.3. The summed E-state index contributed by atoms with van der Waals surface area (Å²) in [6, 6.07) is -0.496. The minimum Gasteiger partial charge on any atom is -0.480 e. The molecule has 3 aromatic heterocycles. The van der Waals surface area contributed by atoms with Crippen molar-refractivity contribution in [1.29, 1.82) is 0 Å². The highest BCUT2D eigenvalue weighted by Gasteiger charge is 2.39. The van der Waals surface area contributed by atoms with E-state index in [1.807, 2.05) is 10.6 Å². The van der Waals surface area contributed by atoms with Crippen LogP contribution in [0.3, 0.4) is 0 Å². The Morgan fingerprint density at radius 3 is 2.23 bits per heavy atom. The van der Waals surface area contributed by atoms with E-state index in [1.165, 1.54) is 29.8 Å². The SMILES string of the molecule is CC[C@@H](Nc1cc(F)c(C(=O)N[C@@H](Cc2ccc(-c3ncc(F)cc3C(F)(F)F)c3nccn23)C(=O)O)c(F)c1)C(F)(F)F. The average Bonchev–Trinajstić information content (AvgIpc) is 3.40. The van der Waals surface area contributed by atoms with E-state index in [0.29, 0.717) is 18.3 Å². The number of carboxylic acids is 1. The number of alkyl halides is 6. The van der Waals surface area contributed by atoms with Gasteiger partial charge in [0.25, 0.3) is 5.91 Å². The number of carboxylic acid groups (broad SMARTS) is 1. The lowest BCUT2D eigenvalue weighted by atomic mass is 10.0. The van der Waals surface area contributed by atoms with Crippen LogP contribution in [0, 0.1) is 17.5 Å². The van der Waals surface area contributed by atoms with Gasteiger partial charge in [0.2, 0.25) is 0 Å². The molecule has 0 saturated carbocycles. The summed E-state index contributed by atoms with van der Waals surface area (Å²) < 4.78 is 124. The number of pyridine rings is 2. The van der Waals surface area contributed by atoms with Crippen molar-refractivity contribution in [3.05, 3.63) is 83.2 Å². The standard InChI is InChI=1S/C27H20F9N5O3/c1-2-20(27(34,35)36)39-13-8-17(29)21(18(30)9-13)24(42)40-19(25(43)44)10-14-3-4-15(23-37-5-6-41(14)23)22-16(26(31,32)33)7-12(28)11-38-22/h3-9,11,19-20,39H,2,10H2,1H3,(H,40,42)(H,43,44)/t19-,20+/m0/s1. The molecule has 1 amide bonds. The van der Waals surface area contributed by atoms with Crippen molar-refractivity contribution >= 4 is 23.2 Å². The summed E-state index contributed by atoms with van der Waals surface area (Å²) >= 11 is 0. The number of rotatable bonds is 9. The summed E-state index contributed by atoms with van der Waals surface area (Å²) in [6.45, 7) is 1.19. The second kappa shape index (κ2) is 12.0. The van der Waals surface area contributed by atoms with Crippen LogP contribution in [0.4, 0.5) is 45.2 Å². The number of carbonyl (C=O) groups excluding carboxylic acids is 1. The van der Waals surface area contributed by atoms with Gasteiger partial charge in [0, 0.05) is 35.8 Å². The Bertz CT molecular complexity index is 1700. The Labute approximate surface area is 241 Å². The van der Waals surface area contributed by atoms with Crippen LogP contribution >= 0.6 is 0 Å². The Kier molecular flexibility index (Phi) is 8.78. The molecule has 0 fully saturated rings. The number of nitrogens with zero attached hydrogens (tertiary/aromatic N) is 3. The zero-order valence-corrected chi connectivity index (χ0v) is 22.2. The van der Waals surface area contributed by atoms with Crippen LogP contribution in [-0.4, -0.2) is 49.6 Å². The van der Waals surface area contributed by atoms with Gasteiger partial charge in [-0.05, 0) is 36.8 Å². The van der Waals surface area contributed by atoms with Crippen molar-refractivity contribution in [3.63, 3.8) is 0 Å². The summed E-state index contributed by atoms with van der Waals surface area (Å²) in [5.74, 6) is -7.57. The number of imidazole rings is 1. The quantitative estimate of drug-likeness (QED) is 0.195. The molecule has 234 valence electrons. The highest BCUT2D eigenvalue weighted by molar-refractivity contribution is 5.97. The molecule has 4 rings (SSSR count). The number of fused-ring (bicyclic) bond motifs is 1. The van der Waals surface area contributed by atoms with E-state index in [1.54, 1.807) is 0 Å². The summed E-state index contributed by atoms with van der Waals surface area (Å²) in [5.41, 5.74) is -4.16. The lowest BCUT2D eigenvalue weighted by molar-refractivity contribution is -0.143. The number of nitrogens with one attached hydrogen (secondary N) is 2. The molecule has 4 aromatic rings. The van der Waals surface area contributed by atoms with Crippen molar-refractivity contribution in [2.75, 3.05) is 5.32 Å². The van der Waals surface area contributed by atoms with Crippen LogP contribution in [0.25, 0.3) is 16.9 Å². The number of aromatic nitrogens is 3. The molecular weight excluding hydrogens is 613 g/mol. The zero-order valence-electron chi connectivity index (χ0n) is 22.2. The van der Waals surface area contributed by atoms with E-state index < -0.39 is 89.1 Å². The van der Waals surface area contributed by atoms with Crippen LogP contribution in [0.1, 0.15) is 35.0 Å². The molecule has 2 atom stereocenters. The maximum atomic E-state index is 14.7. The third-order valence-corrected chi connectivity index (χ3v) is 6.48. The molecule has 44 heavy (non-hydrogen) atoms. The third-order valence-electron chi connectivity index (χ3n) is 6.48. The lowest BCUT2D eigenvalue weighted by Gasteiger charge is -2.22. The molecule has 0 aliphatic carbocycles. The van der Waals surface area contributed by atoms with Gasteiger partial charge in [0.05, 0.1) is 17.5 Å². The van der Waals surface area contributed by atoms with Gasteiger partial charge in [-0.1, -0.05) is 6.92 Å². The Hall–Kier alpha value is -4.83. The molecule has 1 aromatic carbocycles. The Morgan fingerprint density at radius 2 is 1.66 bits per heavy atom. The van der Waals surface area contributed by atoms with Gasteiger partial charge in [0.15, 0.2) is 0 Å². The maximum Gasteiger partial charge on any atom is 0.418 e. The largest absolute Gasteiger partial charge is 0.480 e. The lowest BCUT2D eigenvalue weighted by Crippen LogP contribution is -2.43. The van der Waals surface area contributed by atoms with E-state index in [-0.39, 0.29) is 23.0 Å². The molecule has 0 aliphatic heterocycles. The molecule has 17 heteroatoms. The first kappa shape index (κ1) is 32.1. The first-order valence-corrected chi connectivity index (χ1v) is 12.5. The first-order valence-electron chi connectivity index (χ1n) is 12.5. The molecule has 3 heterocycles. The number of aliphatic carboxylic acids is 1. The van der Waals surface area contributed by atoms with Gasteiger partial charge in [0.1, 0.15) is 40.7 Å². The molecule has 0 spiro atoms. The van der Waals surface area contributed by atoms with E-state index in [0.717, 1.165) is 6.07 Å². The minimum absolute atomic E-state index is 0.0721. The zero-order chi connectivity index (χ0) is 32.6. The van der Waals surface area contributed by atoms with Crippen molar-refractivity contribution < 1.29 is 54.2 Å². The third kappa shape index (κ3) is 6.70. The predicted octanol–water partition coefficient (Wildman–Crippen LogP) is 6.01. The fourth-order valence-corrected chi connectivity index (χ4v) is 4.42. The fourth-order valence-electron chi connectivity index (χ4n) is 4.42. The molecule has 0 aliphatic rings. The highest BCUT2D eigenvalue weighted by Crippen LogP contribution is 2.37. The normalized spacial score (nSPS) is 13.5. The van der Waals surface area contributed by atoms with Crippen LogP contribution in [-0.2, 0) is 17.4 Å². The van der Waals surface area contributed by atoms with Crippen molar-refractivity contribution in [3.8, 4) is 11.3 Å². The molecule has 0 bridgehead atoms. The van der Waals surface area contributed by atoms with Crippen LogP contribution in [0.5, 0.6) is 0 Å². The predicted molar refractivity (Wildman–Crippen MR) is 136 cm³/mol. The number of hydrogen-bond donors (Lipinski definition) is 3. The van der Waals surface area contributed by atoms with E-state index >= 15 is 0 Å². The first-order chi connectivity index (χ1) is 20.5. The van der Waals surface area contributed by atoms with Crippen LogP contribution in [0.15, 0.2) is 48.9 Å². The van der Waals surface area contributed by atoms with Gasteiger partial charge >= 0.3 is 18.3 Å². The summed E-state index contributed by atoms with van der Waals surface area (Å²) in [6.07, 6.45) is -7.74. The highest BCUT2D eigenvalue weighted by atomic mass is 19.4. The summed E-state index contributed by atoms with van der Waals surface area (Å²) in [5, 5.41) is 13.6. The van der Waals surface area contributed by atoms with E-state index in [4.69, 9.17) is 0 Å². The van der Waals surface area contributed by atoms with Gasteiger partial charge in [-0.25, -0.2) is 22.9 Å². The number of anilines is 1. The average molecular weight is 633 g/mol. The van der Waals surface area contributed by atoms with Gasteiger partial charge in [-0.15, -0.1) is 0 Å². The molecule has 0 saturated heterocycles. The Balaban J connectivity index is 1.62.